The van der Waals surface area contributed by atoms with E-state index in [1.807, 2.05) is 6.92 Å². The second-order valence-corrected chi connectivity index (χ2v) is 6.75. The molecule has 1 aliphatic rings. The minimum atomic E-state index is -4.11. The zero-order chi connectivity index (χ0) is 15.6. The highest BCUT2D eigenvalue weighted by molar-refractivity contribution is 7.11. The fourth-order valence-electron chi connectivity index (χ4n) is 2.81. The molecule has 1 fully saturated rings. The molecule has 2 heterocycles. The standard InChI is InChI=1S/C14H22F3N3S/c1-4-12-19-10(3)13(21-12)9(2)18-11-5-6-20(7-11)8-14(15,16)17/h9,11,18H,4-8H2,1-3H3/t9-,11-/m1/s1. The van der Waals surface area contributed by atoms with E-state index in [1.54, 1.807) is 11.3 Å². The predicted octanol–water partition coefficient (Wildman–Crippen LogP) is 3.30. The molecule has 21 heavy (non-hydrogen) atoms. The fourth-order valence-corrected chi connectivity index (χ4v) is 3.83. The largest absolute Gasteiger partial charge is 0.401 e. The Balaban J connectivity index is 1.89. The third kappa shape index (κ3) is 4.66. The van der Waals surface area contributed by atoms with Gasteiger partial charge in [0.25, 0.3) is 0 Å². The lowest BCUT2D eigenvalue weighted by atomic mass is 10.2. The average molecular weight is 321 g/mol. The van der Waals surface area contributed by atoms with Gasteiger partial charge in [-0.25, -0.2) is 4.98 Å². The minimum Gasteiger partial charge on any atom is -0.305 e. The summed E-state index contributed by atoms with van der Waals surface area (Å²) in [5, 5.41) is 4.56. The summed E-state index contributed by atoms with van der Waals surface area (Å²) in [7, 11) is 0. The van der Waals surface area contributed by atoms with Gasteiger partial charge >= 0.3 is 6.18 Å². The van der Waals surface area contributed by atoms with Crippen molar-refractivity contribution in [3.8, 4) is 0 Å². The molecule has 120 valence electrons. The van der Waals surface area contributed by atoms with E-state index < -0.39 is 12.7 Å². The minimum absolute atomic E-state index is 0.119. The van der Waals surface area contributed by atoms with Crippen LogP contribution in [0.2, 0.25) is 0 Å². The molecule has 1 aromatic heterocycles. The van der Waals surface area contributed by atoms with Crippen molar-refractivity contribution in [2.24, 2.45) is 0 Å². The maximum absolute atomic E-state index is 12.4. The van der Waals surface area contributed by atoms with Gasteiger partial charge in [-0.15, -0.1) is 11.3 Å². The third-order valence-electron chi connectivity index (χ3n) is 3.73. The number of likely N-dealkylation sites (tertiary alicyclic amines) is 1. The molecular formula is C14H22F3N3S. The van der Waals surface area contributed by atoms with Crippen LogP contribution in [0, 0.1) is 6.92 Å². The van der Waals surface area contributed by atoms with Crippen LogP contribution in [0.15, 0.2) is 0 Å². The zero-order valence-corrected chi connectivity index (χ0v) is 13.4. The Morgan fingerprint density at radius 2 is 2.19 bits per heavy atom. The highest BCUT2D eigenvalue weighted by Crippen LogP contribution is 2.27. The van der Waals surface area contributed by atoms with Crippen LogP contribution < -0.4 is 5.32 Å². The van der Waals surface area contributed by atoms with Crippen molar-refractivity contribution in [2.75, 3.05) is 19.6 Å². The van der Waals surface area contributed by atoms with E-state index >= 15 is 0 Å². The maximum Gasteiger partial charge on any atom is 0.401 e. The Morgan fingerprint density at radius 3 is 2.76 bits per heavy atom. The van der Waals surface area contributed by atoms with Crippen molar-refractivity contribution in [1.29, 1.82) is 0 Å². The molecule has 3 nitrogen and oxygen atoms in total. The molecule has 1 aliphatic heterocycles. The molecule has 0 aromatic carbocycles. The van der Waals surface area contributed by atoms with E-state index in [4.69, 9.17) is 0 Å². The summed E-state index contributed by atoms with van der Waals surface area (Å²) in [6.07, 6.45) is -2.43. The van der Waals surface area contributed by atoms with E-state index in [-0.39, 0.29) is 12.1 Å². The van der Waals surface area contributed by atoms with Gasteiger partial charge in [0.05, 0.1) is 17.2 Å². The van der Waals surface area contributed by atoms with Gasteiger partial charge in [-0.2, -0.15) is 13.2 Å². The first-order chi connectivity index (χ1) is 9.78. The molecule has 2 atom stereocenters. The molecule has 0 aliphatic carbocycles. The fraction of sp³-hybridized carbons (Fsp3) is 0.786. The van der Waals surface area contributed by atoms with Gasteiger partial charge in [-0.1, -0.05) is 6.92 Å². The van der Waals surface area contributed by atoms with Crippen molar-refractivity contribution < 1.29 is 13.2 Å². The van der Waals surface area contributed by atoms with Crippen LogP contribution in [0.4, 0.5) is 13.2 Å². The average Bonchev–Trinajstić information content (AvgIpc) is 2.94. The molecule has 0 unspecified atom stereocenters. The first-order valence-electron chi connectivity index (χ1n) is 7.30. The molecule has 2 rings (SSSR count). The molecule has 0 spiro atoms. The number of nitrogens with zero attached hydrogens (tertiary/aromatic N) is 2. The van der Waals surface area contributed by atoms with Crippen molar-refractivity contribution in [3.05, 3.63) is 15.6 Å². The molecule has 1 saturated heterocycles. The number of nitrogens with one attached hydrogen (secondary N) is 1. The Labute approximate surface area is 127 Å². The summed E-state index contributed by atoms with van der Waals surface area (Å²) in [6, 6.07) is 0.257. The van der Waals surface area contributed by atoms with Crippen molar-refractivity contribution in [3.63, 3.8) is 0 Å². The summed E-state index contributed by atoms with van der Waals surface area (Å²) in [5.41, 5.74) is 1.03. The topological polar surface area (TPSA) is 28.2 Å². The van der Waals surface area contributed by atoms with Crippen molar-refractivity contribution >= 4 is 11.3 Å². The monoisotopic (exact) mass is 321 g/mol. The van der Waals surface area contributed by atoms with Gasteiger partial charge in [-0.3, -0.25) is 4.90 Å². The summed E-state index contributed by atoms with van der Waals surface area (Å²) >= 11 is 1.69. The number of alkyl halides is 3. The number of halogens is 3. The molecule has 7 heteroatoms. The third-order valence-corrected chi connectivity index (χ3v) is 5.22. The number of aryl methyl sites for hydroxylation is 2. The molecule has 0 saturated carbocycles. The maximum atomic E-state index is 12.4. The normalized spacial score (nSPS) is 21.9. The van der Waals surface area contributed by atoms with Crippen LogP contribution in [0.3, 0.4) is 0 Å². The quantitative estimate of drug-likeness (QED) is 0.902. The smallest absolute Gasteiger partial charge is 0.305 e. The van der Waals surface area contributed by atoms with Gasteiger partial charge in [0, 0.05) is 30.1 Å². The lowest BCUT2D eigenvalue weighted by molar-refractivity contribution is -0.143. The summed E-state index contributed by atoms with van der Waals surface area (Å²) < 4.78 is 37.2. The highest BCUT2D eigenvalue weighted by atomic mass is 32.1. The predicted molar refractivity (Wildman–Crippen MR) is 78.7 cm³/mol. The van der Waals surface area contributed by atoms with Gasteiger partial charge in [0.1, 0.15) is 0 Å². The van der Waals surface area contributed by atoms with E-state index in [2.05, 4.69) is 24.1 Å². The van der Waals surface area contributed by atoms with E-state index in [0.29, 0.717) is 13.1 Å². The van der Waals surface area contributed by atoms with Crippen LogP contribution >= 0.6 is 11.3 Å². The van der Waals surface area contributed by atoms with Crippen LogP contribution in [-0.4, -0.2) is 41.7 Å². The second kappa shape index (κ2) is 6.62. The van der Waals surface area contributed by atoms with Crippen molar-refractivity contribution in [1.82, 2.24) is 15.2 Å². The molecule has 1 aromatic rings. The number of rotatable bonds is 5. The van der Waals surface area contributed by atoms with Crippen LogP contribution in [0.25, 0.3) is 0 Å². The number of thiazole rings is 1. The summed E-state index contributed by atoms with van der Waals surface area (Å²) in [6.45, 7) is 6.29. The summed E-state index contributed by atoms with van der Waals surface area (Å²) in [4.78, 5) is 7.18. The lowest BCUT2D eigenvalue weighted by Crippen LogP contribution is -2.37. The Hall–Kier alpha value is -0.660. The second-order valence-electron chi connectivity index (χ2n) is 5.64. The molecule has 0 radical (unpaired) electrons. The molecular weight excluding hydrogens is 299 g/mol. The first-order valence-corrected chi connectivity index (χ1v) is 8.11. The lowest BCUT2D eigenvalue weighted by Gasteiger charge is -2.21. The zero-order valence-electron chi connectivity index (χ0n) is 12.6. The van der Waals surface area contributed by atoms with E-state index in [9.17, 15) is 13.2 Å². The Bertz CT molecular complexity index is 473. The van der Waals surface area contributed by atoms with Crippen LogP contribution in [-0.2, 0) is 6.42 Å². The van der Waals surface area contributed by atoms with Gasteiger partial charge < -0.3 is 5.32 Å². The molecule has 0 bridgehead atoms. The highest BCUT2D eigenvalue weighted by Gasteiger charge is 2.34. The number of aromatic nitrogens is 1. The van der Waals surface area contributed by atoms with Gasteiger partial charge in [0.15, 0.2) is 0 Å². The van der Waals surface area contributed by atoms with Crippen molar-refractivity contribution in [2.45, 2.75) is 51.9 Å². The van der Waals surface area contributed by atoms with Crippen LogP contribution in [0.1, 0.15) is 41.9 Å². The van der Waals surface area contributed by atoms with E-state index in [1.165, 1.54) is 9.78 Å². The number of hydrogen-bond donors (Lipinski definition) is 1. The molecule has 1 N–H and O–H groups in total. The Morgan fingerprint density at radius 1 is 1.48 bits per heavy atom. The Kier molecular flexibility index (Phi) is 5.27. The first kappa shape index (κ1) is 16.7. The van der Waals surface area contributed by atoms with Gasteiger partial charge in [0.2, 0.25) is 0 Å². The molecule has 0 amide bonds. The van der Waals surface area contributed by atoms with E-state index in [0.717, 1.165) is 23.5 Å². The number of hydrogen-bond acceptors (Lipinski definition) is 4. The van der Waals surface area contributed by atoms with Crippen LogP contribution in [0.5, 0.6) is 0 Å². The SMILES string of the molecule is CCc1nc(C)c([C@@H](C)N[C@@H]2CCN(CC(F)(F)F)C2)s1. The van der Waals surface area contributed by atoms with Gasteiger partial charge in [-0.05, 0) is 26.7 Å². The summed E-state index contributed by atoms with van der Waals surface area (Å²) in [5.74, 6) is 0.